The predicted molar refractivity (Wildman–Crippen MR) is 89.1 cm³/mol. The Bertz CT molecular complexity index is 541. The molecule has 1 saturated heterocycles. The lowest BCUT2D eigenvalue weighted by atomic mass is 10.0. The molecule has 0 spiro atoms. The lowest BCUT2D eigenvalue weighted by molar-refractivity contribution is -0.122. The van der Waals surface area contributed by atoms with E-state index in [-0.39, 0.29) is 11.6 Å². The van der Waals surface area contributed by atoms with E-state index in [2.05, 4.69) is 20.5 Å². The summed E-state index contributed by atoms with van der Waals surface area (Å²) in [4.78, 5) is 29.0. The number of nitrogens with two attached hydrogens (primary N) is 1. The average Bonchev–Trinajstić information content (AvgIpc) is 2.55. The quantitative estimate of drug-likeness (QED) is 0.683. The van der Waals surface area contributed by atoms with Gasteiger partial charge in [0.05, 0.1) is 6.54 Å². The molecule has 2 amide bonds. The Morgan fingerprint density at radius 2 is 2.13 bits per heavy atom. The fourth-order valence-corrected chi connectivity index (χ4v) is 2.65. The monoisotopic (exact) mass is 319 g/mol. The maximum Gasteiger partial charge on any atom is 0.267 e. The lowest BCUT2D eigenvalue weighted by Gasteiger charge is -2.32. The number of piperidine rings is 1. The van der Waals surface area contributed by atoms with Crippen LogP contribution in [-0.2, 0) is 4.79 Å². The summed E-state index contributed by atoms with van der Waals surface area (Å²) < 4.78 is 0. The van der Waals surface area contributed by atoms with Crippen LogP contribution in [0.2, 0.25) is 0 Å². The summed E-state index contributed by atoms with van der Waals surface area (Å²) >= 11 is 0. The molecule has 4 N–H and O–H groups in total. The first-order valence-electron chi connectivity index (χ1n) is 8.10. The summed E-state index contributed by atoms with van der Waals surface area (Å²) in [5, 5.41) is 6.31. The maximum atomic E-state index is 11.7. The number of hydrogen-bond acceptors (Lipinski definition) is 5. The van der Waals surface area contributed by atoms with E-state index < -0.39 is 5.91 Å². The second-order valence-corrected chi connectivity index (χ2v) is 5.84. The van der Waals surface area contributed by atoms with Gasteiger partial charge in [-0.25, -0.2) is 0 Å². The molecule has 7 heteroatoms. The molecule has 2 heterocycles. The maximum absolute atomic E-state index is 11.7. The molecule has 0 atom stereocenters. The number of hydrogen-bond donors (Lipinski definition) is 3. The third-order valence-electron chi connectivity index (χ3n) is 3.91. The fourth-order valence-electron chi connectivity index (χ4n) is 2.65. The van der Waals surface area contributed by atoms with Gasteiger partial charge >= 0.3 is 0 Å². The molecule has 1 aliphatic rings. The molecule has 0 aromatic carbocycles. The lowest BCUT2D eigenvalue weighted by Crippen LogP contribution is -2.44. The van der Waals surface area contributed by atoms with Crippen molar-refractivity contribution in [2.45, 2.75) is 32.2 Å². The molecule has 0 bridgehead atoms. The number of amides is 2. The number of rotatable bonds is 7. The number of nitrogens with one attached hydrogen (secondary N) is 2. The summed E-state index contributed by atoms with van der Waals surface area (Å²) in [6, 6.07) is 3.83. The van der Waals surface area contributed by atoms with Gasteiger partial charge in [-0.3, -0.25) is 19.5 Å². The van der Waals surface area contributed by atoms with Crippen LogP contribution in [0.25, 0.3) is 0 Å². The van der Waals surface area contributed by atoms with Crippen LogP contribution >= 0.6 is 0 Å². The Balaban J connectivity index is 1.77. The van der Waals surface area contributed by atoms with Gasteiger partial charge in [-0.1, -0.05) is 6.92 Å². The van der Waals surface area contributed by atoms with Crippen molar-refractivity contribution < 1.29 is 9.59 Å². The van der Waals surface area contributed by atoms with Crippen molar-refractivity contribution >= 4 is 17.5 Å². The molecule has 1 fully saturated rings. The molecule has 1 aromatic rings. The third kappa shape index (κ3) is 5.52. The van der Waals surface area contributed by atoms with Crippen LogP contribution in [0.5, 0.6) is 0 Å². The van der Waals surface area contributed by atoms with Gasteiger partial charge in [0.1, 0.15) is 5.69 Å². The van der Waals surface area contributed by atoms with Crippen molar-refractivity contribution in [3.63, 3.8) is 0 Å². The Morgan fingerprint density at radius 3 is 2.78 bits per heavy atom. The SMILES string of the molecule is CCCNC(=O)CN1CCC(Nc2ccnc(C(N)=O)c2)CC1. The largest absolute Gasteiger partial charge is 0.382 e. The van der Waals surface area contributed by atoms with Crippen LogP contribution in [0.4, 0.5) is 5.69 Å². The van der Waals surface area contributed by atoms with E-state index in [9.17, 15) is 9.59 Å². The molecule has 0 aliphatic carbocycles. The Morgan fingerprint density at radius 1 is 1.39 bits per heavy atom. The van der Waals surface area contributed by atoms with E-state index in [0.29, 0.717) is 12.6 Å². The van der Waals surface area contributed by atoms with E-state index in [1.165, 1.54) is 0 Å². The van der Waals surface area contributed by atoms with Crippen molar-refractivity contribution in [1.29, 1.82) is 0 Å². The smallest absolute Gasteiger partial charge is 0.267 e. The molecule has 0 unspecified atom stereocenters. The van der Waals surface area contributed by atoms with Crippen molar-refractivity contribution in [3.8, 4) is 0 Å². The number of primary amides is 1. The first kappa shape index (κ1) is 17.2. The highest BCUT2D eigenvalue weighted by Gasteiger charge is 2.20. The highest BCUT2D eigenvalue weighted by atomic mass is 16.2. The van der Waals surface area contributed by atoms with Crippen LogP contribution in [-0.4, -0.2) is 53.9 Å². The second kappa shape index (κ2) is 8.47. The number of carbonyl (C=O) groups excluding carboxylic acids is 2. The molecule has 1 aromatic heterocycles. The minimum atomic E-state index is -0.526. The van der Waals surface area contributed by atoms with E-state index in [1.54, 1.807) is 12.3 Å². The van der Waals surface area contributed by atoms with E-state index in [1.807, 2.05) is 13.0 Å². The highest BCUT2D eigenvalue weighted by Crippen LogP contribution is 2.16. The zero-order valence-corrected chi connectivity index (χ0v) is 13.5. The van der Waals surface area contributed by atoms with Gasteiger partial charge in [-0.05, 0) is 31.4 Å². The Hall–Kier alpha value is -2.15. The Labute approximate surface area is 136 Å². The number of aromatic nitrogens is 1. The van der Waals surface area contributed by atoms with E-state index >= 15 is 0 Å². The predicted octanol–water partition coefficient (Wildman–Crippen LogP) is 0.583. The van der Waals surface area contributed by atoms with Crippen LogP contribution in [0.3, 0.4) is 0 Å². The normalized spacial score (nSPS) is 16.0. The summed E-state index contributed by atoms with van der Waals surface area (Å²) in [7, 11) is 0. The number of pyridine rings is 1. The van der Waals surface area contributed by atoms with E-state index in [4.69, 9.17) is 5.73 Å². The molecule has 1 aliphatic heterocycles. The topological polar surface area (TPSA) is 100 Å². The Kier molecular flexibility index (Phi) is 6.34. The molecule has 23 heavy (non-hydrogen) atoms. The summed E-state index contributed by atoms with van der Waals surface area (Å²) in [6.45, 7) is 5.00. The van der Waals surface area contributed by atoms with E-state index in [0.717, 1.165) is 44.6 Å². The molecular formula is C16H25N5O2. The minimum Gasteiger partial charge on any atom is -0.382 e. The van der Waals surface area contributed by atoms with Crippen molar-refractivity contribution in [2.75, 3.05) is 31.5 Å². The average molecular weight is 319 g/mol. The molecule has 0 radical (unpaired) electrons. The number of anilines is 1. The number of nitrogens with zero attached hydrogens (tertiary/aromatic N) is 2. The van der Waals surface area contributed by atoms with Crippen molar-refractivity contribution in [1.82, 2.24) is 15.2 Å². The van der Waals surface area contributed by atoms with Gasteiger partial charge in [0.2, 0.25) is 5.91 Å². The van der Waals surface area contributed by atoms with Gasteiger partial charge in [-0.2, -0.15) is 0 Å². The van der Waals surface area contributed by atoms with Crippen LogP contribution in [0.15, 0.2) is 18.3 Å². The standard InChI is InChI=1S/C16H25N5O2/c1-2-6-19-15(22)11-21-8-4-12(5-9-21)20-13-3-7-18-14(10-13)16(17)23/h3,7,10,12H,2,4-6,8-9,11H2,1H3,(H2,17,23)(H,18,20)(H,19,22). The van der Waals surface area contributed by atoms with Gasteiger partial charge in [0.15, 0.2) is 0 Å². The van der Waals surface area contributed by atoms with Gasteiger partial charge < -0.3 is 16.4 Å². The molecule has 7 nitrogen and oxygen atoms in total. The first-order chi connectivity index (χ1) is 11.1. The van der Waals surface area contributed by atoms with Crippen molar-refractivity contribution in [3.05, 3.63) is 24.0 Å². The molecule has 126 valence electrons. The minimum absolute atomic E-state index is 0.0958. The first-order valence-corrected chi connectivity index (χ1v) is 8.10. The third-order valence-corrected chi connectivity index (χ3v) is 3.91. The van der Waals surface area contributed by atoms with Crippen LogP contribution in [0.1, 0.15) is 36.7 Å². The van der Waals surface area contributed by atoms with Crippen LogP contribution < -0.4 is 16.4 Å². The summed E-state index contributed by atoms with van der Waals surface area (Å²) in [5.74, 6) is -0.431. The zero-order chi connectivity index (χ0) is 16.7. The van der Waals surface area contributed by atoms with Gasteiger partial charge in [-0.15, -0.1) is 0 Å². The van der Waals surface area contributed by atoms with Gasteiger partial charge in [0.25, 0.3) is 5.91 Å². The highest BCUT2D eigenvalue weighted by molar-refractivity contribution is 5.91. The molecular weight excluding hydrogens is 294 g/mol. The summed E-state index contributed by atoms with van der Waals surface area (Å²) in [5.41, 5.74) is 6.36. The summed E-state index contributed by atoms with van der Waals surface area (Å²) in [6.07, 6.45) is 4.44. The number of carbonyl (C=O) groups is 2. The van der Waals surface area contributed by atoms with Crippen LogP contribution in [0, 0.1) is 0 Å². The second-order valence-electron chi connectivity index (χ2n) is 5.84. The van der Waals surface area contributed by atoms with Crippen molar-refractivity contribution in [2.24, 2.45) is 5.73 Å². The zero-order valence-electron chi connectivity index (χ0n) is 13.5. The molecule has 0 saturated carbocycles. The number of likely N-dealkylation sites (tertiary alicyclic amines) is 1. The fraction of sp³-hybridized carbons (Fsp3) is 0.562. The van der Waals surface area contributed by atoms with Gasteiger partial charge in [0, 0.05) is 37.6 Å². The molecule has 2 rings (SSSR count).